The molecule has 0 saturated heterocycles. The maximum Gasteiger partial charge on any atom is 0.255 e. The molecule has 0 atom stereocenters. The van der Waals surface area contributed by atoms with Gasteiger partial charge in [0.15, 0.2) is 0 Å². The van der Waals surface area contributed by atoms with Gasteiger partial charge in [-0.05, 0) is 11.6 Å². The van der Waals surface area contributed by atoms with Crippen molar-refractivity contribution < 1.29 is 0 Å². The quantitative estimate of drug-likeness (QED) is 0.807. The minimum absolute atomic E-state index is 0.201. The average molecular weight is 318 g/mol. The Bertz CT molecular complexity index is 667. The summed E-state index contributed by atoms with van der Waals surface area (Å²) in [5.74, 6) is 0.619. The van der Waals surface area contributed by atoms with E-state index in [2.05, 4.69) is 4.98 Å². The van der Waals surface area contributed by atoms with Crippen LogP contribution in [0.3, 0.4) is 0 Å². The molecule has 0 saturated carbocycles. The Morgan fingerprint density at radius 3 is 2.68 bits per heavy atom. The highest BCUT2D eigenvalue weighted by Gasteiger charge is 2.10. The molecular formula is C13H11Cl3N2O. The maximum absolute atomic E-state index is 12.0. The minimum atomic E-state index is -0.201. The number of aromatic nitrogens is 2. The van der Waals surface area contributed by atoms with Crippen LogP contribution in [0, 0.1) is 0 Å². The molecule has 0 unspecified atom stereocenters. The third kappa shape index (κ3) is 3.11. The van der Waals surface area contributed by atoms with E-state index in [1.807, 2.05) is 13.0 Å². The Hall–Kier alpha value is -1.03. The molecule has 100 valence electrons. The molecular weight excluding hydrogens is 307 g/mol. The summed E-state index contributed by atoms with van der Waals surface area (Å²) in [6, 6.07) is 6.62. The molecule has 2 aromatic rings. The molecule has 1 aromatic carbocycles. The standard InChI is InChI=1S/C13H11Cl3N2O/c1-2-11-17-10(15)6-12(19)18(11)7-8-4-3-5-9(14)13(8)16/h3-6H,2,7H2,1H3. The molecule has 2 rings (SSSR count). The number of benzene rings is 1. The van der Waals surface area contributed by atoms with Crippen molar-refractivity contribution in [2.45, 2.75) is 19.9 Å². The first-order chi connectivity index (χ1) is 9.02. The first-order valence-electron chi connectivity index (χ1n) is 5.72. The van der Waals surface area contributed by atoms with Crippen LogP contribution in [0.15, 0.2) is 29.1 Å². The molecule has 0 radical (unpaired) electrons. The summed E-state index contributed by atoms with van der Waals surface area (Å²) in [6.45, 7) is 2.24. The van der Waals surface area contributed by atoms with Gasteiger partial charge in [0.1, 0.15) is 11.0 Å². The summed E-state index contributed by atoms with van der Waals surface area (Å²) in [7, 11) is 0. The van der Waals surface area contributed by atoms with Crippen LogP contribution in [-0.4, -0.2) is 9.55 Å². The van der Waals surface area contributed by atoms with E-state index in [1.54, 1.807) is 16.7 Å². The van der Waals surface area contributed by atoms with Gasteiger partial charge in [-0.1, -0.05) is 53.9 Å². The Labute approximate surface area is 125 Å². The number of hydrogen-bond acceptors (Lipinski definition) is 2. The highest BCUT2D eigenvalue weighted by atomic mass is 35.5. The lowest BCUT2D eigenvalue weighted by atomic mass is 10.2. The highest BCUT2D eigenvalue weighted by molar-refractivity contribution is 6.42. The van der Waals surface area contributed by atoms with E-state index >= 15 is 0 Å². The van der Waals surface area contributed by atoms with E-state index in [4.69, 9.17) is 34.8 Å². The van der Waals surface area contributed by atoms with Gasteiger partial charge >= 0.3 is 0 Å². The number of halogens is 3. The number of aryl methyl sites for hydroxylation is 1. The largest absolute Gasteiger partial charge is 0.292 e. The fourth-order valence-electron chi connectivity index (χ4n) is 1.80. The second-order valence-corrected chi connectivity index (χ2v) is 5.16. The summed E-state index contributed by atoms with van der Waals surface area (Å²) < 4.78 is 1.55. The van der Waals surface area contributed by atoms with Crippen molar-refractivity contribution in [1.82, 2.24) is 9.55 Å². The second-order valence-electron chi connectivity index (χ2n) is 3.99. The SMILES string of the molecule is CCc1nc(Cl)cc(=O)n1Cc1cccc(Cl)c1Cl. The normalized spacial score (nSPS) is 10.7. The molecule has 0 amide bonds. The van der Waals surface area contributed by atoms with Gasteiger partial charge in [0.25, 0.3) is 5.56 Å². The molecule has 0 spiro atoms. The van der Waals surface area contributed by atoms with Gasteiger partial charge in [-0.2, -0.15) is 0 Å². The lowest BCUT2D eigenvalue weighted by molar-refractivity contribution is 0.675. The summed E-state index contributed by atoms with van der Waals surface area (Å²) in [5.41, 5.74) is 0.572. The fraction of sp³-hybridized carbons (Fsp3) is 0.231. The number of hydrogen-bond donors (Lipinski definition) is 0. The van der Waals surface area contributed by atoms with Gasteiger partial charge in [-0.3, -0.25) is 9.36 Å². The van der Waals surface area contributed by atoms with Crippen molar-refractivity contribution in [3.05, 3.63) is 61.2 Å². The van der Waals surface area contributed by atoms with E-state index in [1.165, 1.54) is 6.07 Å². The zero-order valence-electron chi connectivity index (χ0n) is 10.2. The molecule has 0 aliphatic rings. The predicted molar refractivity (Wildman–Crippen MR) is 78.4 cm³/mol. The maximum atomic E-state index is 12.0. The Kier molecular flexibility index (Phi) is 4.50. The van der Waals surface area contributed by atoms with Crippen LogP contribution in [0.2, 0.25) is 15.2 Å². The van der Waals surface area contributed by atoms with Crippen molar-refractivity contribution in [1.29, 1.82) is 0 Å². The van der Waals surface area contributed by atoms with Crippen LogP contribution in [0.25, 0.3) is 0 Å². The molecule has 3 nitrogen and oxygen atoms in total. The van der Waals surface area contributed by atoms with Gasteiger partial charge in [-0.25, -0.2) is 4.98 Å². The zero-order valence-corrected chi connectivity index (χ0v) is 12.4. The third-order valence-corrected chi connectivity index (χ3v) is 3.78. The minimum Gasteiger partial charge on any atom is -0.292 e. The van der Waals surface area contributed by atoms with E-state index in [0.717, 1.165) is 5.56 Å². The summed E-state index contributed by atoms with van der Waals surface area (Å²) in [6.07, 6.45) is 0.605. The van der Waals surface area contributed by atoms with Gasteiger partial charge in [0.05, 0.1) is 16.6 Å². The number of rotatable bonds is 3. The van der Waals surface area contributed by atoms with Gasteiger partial charge < -0.3 is 0 Å². The summed E-state index contributed by atoms with van der Waals surface area (Å²) in [5, 5.41) is 1.12. The fourth-order valence-corrected chi connectivity index (χ4v) is 2.37. The van der Waals surface area contributed by atoms with Gasteiger partial charge in [0, 0.05) is 12.5 Å². The molecule has 0 N–H and O–H groups in total. The van der Waals surface area contributed by atoms with E-state index in [-0.39, 0.29) is 10.7 Å². The van der Waals surface area contributed by atoms with Crippen LogP contribution in [0.1, 0.15) is 18.3 Å². The molecule has 0 fully saturated rings. The van der Waals surface area contributed by atoms with Crippen LogP contribution >= 0.6 is 34.8 Å². The predicted octanol–water partition coefficient (Wildman–Crippen LogP) is 3.81. The molecule has 1 aromatic heterocycles. The first kappa shape index (κ1) is 14.4. The van der Waals surface area contributed by atoms with Crippen molar-refractivity contribution in [3.8, 4) is 0 Å². The van der Waals surface area contributed by atoms with E-state index in [9.17, 15) is 4.79 Å². The smallest absolute Gasteiger partial charge is 0.255 e. The third-order valence-electron chi connectivity index (χ3n) is 2.73. The molecule has 0 aliphatic carbocycles. The monoisotopic (exact) mass is 316 g/mol. The summed E-state index contributed by atoms with van der Waals surface area (Å²) in [4.78, 5) is 16.1. The number of nitrogens with zero attached hydrogens (tertiary/aromatic N) is 2. The van der Waals surface area contributed by atoms with Crippen LogP contribution in [0.5, 0.6) is 0 Å². The lowest BCUT2D eigenvalue weighted by Gasteiger charge is -2.12. The Morgan fingerprint density at radius 2 is 2.00 bits per heavy atom. The van der Waals surface area contributed by atoms with Gasteiger partial charge in [0.2, 0.25) is 0 Å². The van der Waals surface area contributed by atoms with Crippen molar-refractivity contribution >= 4 is 34.8 Å². The van der Waals surface area contributed by atoms with Crippen LogP contribution < -0.4 is 5.56 Å². The van der Waals surface area contributed by atoms with E-state index in [0.29, 0.717) is 28.8 Å². The van der Waals surface area contributed by atoms with E-state index < -0.39 is 0 Å². The zero-order chi connectivity index (χ0) is 14.0. The van der Waals surface area contributed by atoms with Crippen LogP contribution in [0.4, 0.5) is 0 Å². The summed E-state index contributed by atoms with van der Waals surface area (Å²) >= 11 is 17.9. The topological polar surface area (TPSA) is 34.9 Å². The van der Waals surface area contributed by atoms with Crippen molar-refractivity contribution in [2.75, 3.05) is 0 Å². The second kappa shape index (κ2) is 5.95. The molecule has 0 bridgehead atoms. The van der Waals surface area contributed by atoms with Crippen molar-refractivity contribution in [3.63, 3.8) is 0 Å². The lowest BCUT2D eigenvalue weighted by Crippen LogP contribution is -2.24. The Morgan fingerprint density at radius 1 is 1.26 bits per heavy atom. The van der Waals surface area contributed by atoms with Crippen LogP contribution in [-0.2, 0) is 13.0 Å². The molecule has 19 heavy (non-hydrogen) atoms. The highest BCUT2D eigenvalue weighted by Crippen LogP contribution is 2.26. The molecule has 1 heterocycles. The Balaban J connectivity index is 2.49. The first-order valence-corrected chi connectivity index (χ1v) is 6.85. The molecule has 6 heteroatoms. The molecule has 0 aliphatic heterocycles. The van der Waals surface area contributed by atoms with Crippen molar-refractivity contribution in [2.24, 2.45) is 0 Å². The van der Waals surface area contributed by atoms with Gasteiger partial charge in [-0.15, -0.1) is 0 Å². The average Bonchev–Trinajstić information content (AvgIpc) is 2.37.